The molecule has 1 saturated carbocycles. The van der Waals surface area contributed by atoms with Gasteiger partial charge in [-0.1, -0.05) is 6.42 Å². The zero-order chi connectivity index (χ0) is 13.6. The van der Waals surface area contributed by atoms with Crippen LogP contribution in [0.15, 0.2) is 10.5 Å². The smallest absolute Gasteiger partial charge is 0.314 e. The summed E-state index contributed by atoms with van der Waals surface area (Å²) >= 11 is 3.46. The average Bonchev–Trinajstić information content (AvgIpc) is 2.33. The van der Waals surface area contributed by atoms with Crippen molar-refractivity contribution in [3.8, 4) is 11.5 Å². The lowest BCUT2D eigenvalue weighted by Crippen LogP contribution is -2.43. The summed E-state index contributed by atoms with van der Waals surface area (Å²) in [6, 6.07) is 1.89. The highest BCUT2D eigenvalue weighted by Crippen LogP contribution is 2.51. The molecule has 19 heavy (non-hydrogen) atoms. The first kappa shape index (κ1) is 12.8. The Hall–Kier alpha value is -1.23. The summed E-state index contributed by atoms with van der Waals surface area (Å²) in [5.41, 5.74) is 0.991. The van der Waals surface area contributed by atoms with Gasteiger partial charge in [-0.3, -0.25) is 4.79 Å². The number of hydrogen-bond acceptors (Lipinski definition) is 3. The Morgan fingerprint density at radius 2 is 1.95 bits per heavy atom. The van der Waals surface area contributed by atoms with E-state index >= 15 is 0 Å². The van der Waals surface area contributed by atoms with E-state index in [0.29, 0.717) is 37.6 Å². The first-order chi connectivity index (χ1) is 9.06. The molecular formula is C14H15BrO4. The quantitative estimate of drug-likeness (QED) is 0.907. The average molecular weight is 327 g/mol. The van der Waals surface area contributed by atoms with Crippen LogP contribution in [0.2, 0.25) is 0 Å². The van der Waals surface area contributed by atoms with Gasteiger partial charge >= 0.3 is 5.97 Å². The van der Waals surface area contributed by atoms with Crippen LogP contribution >= 0.6 is 15.9 Å². The third-order valence-electron chi connectivity index (χ3n) is 4.15. The fourth-order valence-electron chi connectivity index (χ4n) is 2.92. The molecule has 1 aliphatic heterocycles. The van der Waals surface area contributed by atoms with Gasteiger partial charge in [-0.2, -0.15) is 0 Å². The lowest BCUT2D eigenvalue weighted by molar-refractivity contribution is -0.147. The highest BCUT2D eigenvalue weighted by atomic mass is 79.9. The van der Waals surface area contributed by atoms with E-state index in [-0.39, 0.29) is 0 Å². The number of carboxylic acid groups (broad SMARTS) is 1. The minimum absolute atomic E-state index is 0.504. The molecule has 4 nitrogen and oxygen atoms in total. The zero-order valence-electron chi connectivity index (χ0n) is 10.7. The van der Waals surface area contributed by atoms with Crippen LogP contribution in [0, 0.1) is 6.92 Å². The second-order valence-corrected chi connectivity index (χ2v) is 5.98. The predicted molar refractivity (Wildman–Crippen MR) is 73.0 cm³/mol. The molecule has 3 rings (SSSR count). The topological polar surface area (TPSA) is 55.8 Å². The van der Waals surface area contributed by atoms with Crippen molar-refractivity contribution in [3.63, 3.8) is 0 Å². The van der Waals surface area contributed by atoms with E-state index in [1.165, 1.54) is 0 Å². The Morgan fingerprint density at radius 3 is 2.47 bits per heavy atom. The summed E-state index contributed by atoms with van der Waals surface area (Å²) < 4.78 is 12.0. The molecule has 2 aliphatic rings. The van der Waals surface area contributed by atoms with Crippen LogP contribution in [0.4, 0.5) is 0 Å². The third kappa shape index (κ3) is 1.75. The van der Waals surface area contributed by atoms with Crippen LogP contribution in [0.5, 0.6) is 11.5 Å². The standard InChI is InChI=1S/C14H15BrO4/c1-8-9(14(13(16)17)3-2-4-14)7-10(15)12-11(8)18-5-6-19-12/h7H,2-6H2,1H3,(H,16,17). The molecule has 0 spiro atoms. The molecule has 5 heteroatoms. The number of ether oxygens (including phenoxy) is 2. The molecule has 0 bridgehead atoms. The van der Waals surface area contributed by atoms with Crippen molar-refractivity contribution in [2.45, 2.75) is 31.6 Å². The van der Waals surface area contributed by atoms with Crippen molar-refractivity contribution >= 4 is 21.9 Å². The molecule has 1 N–H and O–H groups in total. The summed E-state index contributed by atoms with van der Waals surface area (Å²) in [6.45, 7) is 2.94. The van der Waals surface area contributed by atoms with Gasteiger partial charge in [-0.25, -0.2) is 0 Å². The molecule has 0 radical (unpaired) electrons. The molecule has 0 atom stereocenters. The molecule has 1 heterocycles. The van der Waals surface area contributed by atoms with Gasteiger partial charge in [0.1, 0.15) is 13.2 Å². The maximum atomic E-state index is 11.6. The van der Waals surface area contributed by atoms with E-state index in [4.69, 9.17) is 9.47 Å². The molecule has 102 valence electrons. The van der Waals surface area contributed by atoms with Crippen LogP contribution in [0.25, 0.3) is 0 Å². The molecule has 1 aromatic carbocycles. The highest BCUT2D eigenvalue weighted by molar-refractivity contribution is 9.10. The van der Waals surface area contributed by atoms with Gasteiger partial charge < -0.3 is 14.6 Å². The normalized spacial score (nSPS) is 19.7. The van der Waals surface area contributed by atoms with E-state index < -0.39 is 11.4 Å². The van der Waals surface area contributed by atoms with Gasteiger partial charge in [-0.15, -0.1) is 0 Å². The van der Waals surface area contributed by atoms with E-state index in [9.17, 15) is 9.90 Å². The Labute approximate surface area is 119 Å². The second kappa shape index (κ2) is 4.40. The first-order valence-electron chi connectivity index (χ1n) is 6.39. The Kier molecular flexibility index (Phi) is 2.96. The SMILES string of the molecule is Cc1c(C2(C(=O)O)CCC2)cc(Br)c2c1OCCO2. The van der Waals surface area contributed by atoms with Crippen LogP contribution in [0.1, 0.15) is 30.4 Å². The lowest BCUT2D eigenvalue weighted by atomic mass is 9.63. The Bertz CT molecular complexity index is 549. The van der Waals surface area contributed by atoms with Gasteiger partial charge in [0.05, 0.1) is 9.89 Å². The number of carboxylic acids is 1. The first-order valence-corrected chi connectivity index (χ1v) is 7.18. The number of benzene rings is 1. The number of aliphatic carboxylic acids is 1. The monoisotopic (exact) mass is 326 g/mol. The minimum atomic E-state index is -0.748. The molecule has 0 amide bonds. The van der Waals surface area contributed by atoms with Crippen molar-refractivity contribution in [1.29, 1.82) is 0 Å². The van der Waals surface area contributed by atoms with Crippen molar-refractivity contribution in [2.24, 2.45) is 0 Å². The Morgan fingerprint density at radius 1 is 1.32 bits per heavy atom. The molecule has 0 unspecified atom stereocenters. The number of halogens is 1. The minimum Gasteiger partial charge on any atom is -0.486 e. The van der Waals surface area contributed by atoms with Gasteiger partial charge in [0.2, 0.25) is 0 Å². The number of carbonyl (C=O) groups is 1. The van der Waals surface area contributed by atoms with E-state index in [0.717, 1.165) is 22.0 Å². The molecule has 1 aromatic rings. The summed E-state index contributed by atoms with van der Waals surface area (Å²) in [6.07, 6.45) is 2.34. The summed E-state index contributed by atoms with van der Waals surface area (Å²) in [5, 5.41) is 9.57. The van der Waals surface area contributed by atoms with Crippen molar-refractivity contribution in [1.82, 2.24) is 0 Å². The van der Waals surface area contributed by atoms with Crippen molar-refractivity contribution in [3.05, 3.63) is 21.7 Å². The van der Waals surface area contributed by atoms with Crippen LogP contribution < -0.4 is 9.47 Å². The molecular weight excluding hydrogens is 312 g/mol. The summed E-state index contributed by atoms with van der Waals surface area (Å²) in [7, 11) is 0. The number of hydrogen-bond donors (Lipinski definition) is 1. The maximum Gasteiger partial charge on any atom is 0.314 e. The van der Waals surface area contributed by atoms with Crippen LogP contribution in [0.3, 0.4) is 0 Å². The predicted octanol–water partition coefficient (Wildman–Crippen LogP) is 3.04. The fraction of sp³-hybridized carbons (Fsp3) is 0.500. The van der Waals surface area contributed by atoms with E-state index in [2.05, 4.69) is 15.9 Å². The Balaban J connectivity index is 2.17. The molecule has 1 fully saturated rings. The fourth-order valence-corrected chi connectivity index (χ4v) is 3.45. The number of rotatable bonds is 2. The van der Waals surface area contributed by atoms with Crippen molar-refractivity contribution in [2.75, 3.05) is 13.2 Å². The van der Waals surface area contributed by atoms with E-state index in [1.807, 2.05) is 13.0 Å². The zero-order valence-corrected chi connectivity index (χ0v) is 12.2. The van der Waals surface area contributed by atoms with E-state index in [1.54, 1.807) is 0 Å². The summed E-state index contributed by atoms with van der Waals surface area (Å²) in [4.78, 5) is 11.6. The number of fused-ring (bicyclic) bond motifs is 1. The van der Waals surface area contributed by atoms with Crippen molar-refractivity contribution < 1.29 is 19.4 Å². The molecule has 1 aliphatic carbocycles. The maximum absolute atomic E-state index is 11.6. The van der Waals surface area contributed by atoms with Crippen LogP contribution in [-0.4, -0.2) is 24.3 Å². The van der Waals surface area contributed by atoms with Gasteiger partial charge in [0.25, 0.3) is 0 Å². The molecule has 0 saturated heterocycles. The summed E-state index contributed by atoms with van der Waals surface area (Å²) in [5.74, 6) is 0.626. The van der Waals surface area contributed by atoms with Gasteiger partial charge in [0, 0.05) is 0 Å². The van der Waals surface area contributed by atoms with Gasteiger partial charge in [-0.05, 0) is 52.9 Å². The van der Waals surface area contributed by atoms with Crippen LogP contribution in [-0.2, 0) is 10.2 Å². The highest BCUT2D eigenvalue weighted by Gasteiger charge is 2.47. The largest absolute Gasteiger partial charge is 0.486 e. The third-order valence-corrected chi connectivity index (χ3v) is 4.74. The lowest BCUT2D eigenvalue weighted by Gasteiger charge is -2.40. The molecule has 0 aromatic heterocycles. The second-order valence-electron chi connectivity index (χ2n) is 5.13. The van der Waals surface area contributed by atoms with Gasteiger partial charge in [0.15, 0.2) is 11.5 Å².